The van der Waals surface area contributed by atoms with E-state index in [9.17, 15) is 10.2 Å². The molecule has 1 fully saturated rings. The fourth-order valence-corrected chi connectivity index (χ4v) is 9.38. The fourth-order valence-electron chi connectivity index (χ4n) is 9.38. The Hall–Kier alpha value is -3.72. The average molecular weight is 537 g/mol. The van der Waals surface area contributed by atoms with E-state index in [1.165, 1.54) is 44.5 Å². The lowest BCUT2D eigenvalue weighted by Gasteiger charge is -2.39. The second kappa shape index (κ2) is 9.41. The first-order chi connectivity index (χ1) is 20.2. The van der Waals surface area contributed by atoms with Gasteiger partial charge in [-0.3, -0.25) is 0 Å². The van der Waals surface area contributed by atoms with Gasteiger partial charge in [-0.1, -0.05) is 132 Å². The molecular formula is C39H36O2. The molecule has 2 heteroatoms. The summed E-state index contributed by atoms with van der Waals surface area (Å²) in [6.07, 6.45) is 3.38. The summed E-state index contributed by atoms with van der Waals surface area (Å²) in [6.45, 7) is 0.291. The van der Waals surface area contributed by atoms with Crippen molar-refractivity contribution in [3.05, 3.63) is 155 Å². The molecule has 2 bridgehead atoms. The first-order valence-corrected chi connectivity index (χ1v) is 15.2. The lowest BCUT2D eigenvalue weighted by Crippen LogP contribution is -2.43. The van der Waals surface area contributed by atoms with E-state index in [2.05, 4.69) is 121 Å². The fraction of sp³-hybridized carbons (Fsp3) is 0.282. The van der Waals surface area contributed by atoms with Crippen LogP contribution in [0.3, 0.4) is 0 Å². The van der Waals surface area contributed by atoms with Crippen LogP contribution in [0.4, 0.5) is 0 Å². The summed E-state index contributed by atoms with van der Waals surface area (Å²) >= 11 is 0. The highest BCUT2D eigenvalue weighted by atomic mass is 16.3. The third-order valence-corrected chi connectivity index (χ3v) is 10.9. The zero-order valence-electron chi connectivity index (χ0n) is 23.3. The smallest absolute Gasteiger partial charge is 0.0890 e. The van der Waals surface area contributed by atoms with Gasteiger partial charge in [0, 0.05) is 6.61 Å². The van der Waals surface area contributed by atoms with Crippen LogP contribution in [-0.4, -0.2) is 22.9 Å². The predicted octanol–water partition coefficient (Wildman–Crippen LogP) is 7.59. The van der Waals surface area contributed by atoms with Crippen LogP contribution in [0.25, 0.3) is 11.1 Å². The van der Waals surface area contributed by atoms with Gasteiger partial charge in [-0.15, -0.1) is 0 Å². The molecule has 2 nitrogen and oxygen atoms in total. The van der Waals surface area contributed by atoms with Crippen molar-refractivity contribution in [3.8, 4) is 0 Å². The Morgan fingerprint density at radius 1 is 0.537 bits per heavy atom. The highest BCUT2D eigenvalue weighted by molar-refractivity contribution is 6.09. The minimum Gasteiger partial charge on any atom is -0.396 e. The normalized spacial score (nSPS) is 31.9. The molecule has 4 aromatic carbocycles. The molecule has 4 aliphatic carbocycles. The van der Waals surface area contributed by atoms with Crippen LogP contribution in [0, 0.1) is 17.8 Å². The van der Waals surface area contributed by atoms with Crippen molar-refractivity contribution in [2.75, 3.05) is 6.61 Å². The highest BCUT2D eigenvalue weighted by Crippen LogP contribution is 2.74. The maximum Gasteiger partial charge on any atom is 0.0890 e. The summed E-state index contributed by atoms with van der Waals surface area (Å²) in [5.41, 5.74) is 8.72. The zero-order valence-corrected chi connectivity index (χ0v) is 23.3. The predicted molar refractivity (Wildman–Crippen MR) is 165 cm³/mol. The molecule has 0 aliphatic heterocycles. The SMILES string of the molecule is OCC1[C@H]2CCC3=C(CC[C@@H]12)C1(c2ccccc2)C(c2ccccc2)=C(c2ccccc2)C3(c2ccccc2)C1O. The summed E-state index contributed by atoms with van der Waals surface area (Å²) < 4.78 is 0. The van der Waals surface area contributed by atoms with Gasteiger partial charge in [0.25, 0.3) is 0 Å². The Morgan fingerprint density at radius 2 is 0.902 bits per heavy atom. The third kappa shape index (κ3) is 3.26. The van der Waals surface area contributed by atoms with Crippen LogP contribution >= 0.6 is 0 Å². The molecule has 1 saturated carbocycles. The molecule has 0 amide bonds. The number of hydrogen-bond donors (Lipinski definition) is 2. The van der Waals surface area contributed by atoms with E-state index in [0.29, 0.717) is 24.4 Å². The first kappa shape index (κ1) is 25.0. The van der Waals surface area contributed by atoms with Crippen molar-refractivity contribution in [2.24, 2.45) is 17.8 Å². The molecule has 204 valence electrons. The molecule has 4 aliphatic rings. The molecular weight excluding hydrogens is 500 g/mol. The Morgan fingerprint density at radius 3 is 1.27 bits per heavy atom. The van der Waals surface area contributed by atoms with Crippen molar-refractivity contribution < 1.29 is 10.2 Å². The van der Waals surface area contributed by atoms with E-state index < -0.39 is 16.9 Å². The van der Waals surface area contributed by atoms with E-state index >= 15 is 0 Å². The van der Waals surface area contributed by atoms with Crippen molar-refractivity contribution in [1.29, 1.82) is 0 Å². The molecule has 0 aromatic heterocycles. The van der Waals surface area contributed by atoms with Crippen LogP contribution in [0.5, 0.6) is 0 Å². The topological polar surface area (TPSA) is 40.5 Å². The summed E-state index contributed by atoms with van der Waals surface area (Å²) in [5.74, 6) is 1.60. The molecule has 0 spiro atoms. The van der Waals surface area contributed by atoms with Gasteiger partial charge in [-0.2, -0.15) is 0 Å². The van der Waals surface area contributed by atoms with E-state index in [1.54, 1.807) is 0 Å². The standard InChI is InChI=1S/C39H36O2/c40-25-32-30-21-23-33-34(24-22-31(30)32)39(29-19-11-4-12-20-29)36(27-15-7-2-8-16-27)35(26-13-5-1-6-14-26)38(33,37(39)41)28-17-9-3-10-18-28/h1-20,30-32,37,40-41H,21-25H2/t30-,31+,32?,37?,38?,39?. The number of aliphatic hydroxyl groups excluding tert-OH is 2. The number of benzene rings is 4. The van der Waals surface area contributed by atoms with Crippen LogP contribution in [0.1, 0.15) is 47.9 Å². The van der Waals surface area contributed by atoms with Crippen molar-refractivity contribution in [1.82, 2.24) is 0 Å². The molecule has 6 atom stereocenters. The van der Waals surface area contributed by atoms with E-state index in [0.717, 1.165) is 25.7 Å². The monoisotopic (exact) mass is 536 g/mol. The van der Waals surface area contributed by atoms with Crippen LogP contribution in [0.2, 0.25) is 0 Å². The maximum atomic E-state index is 13.3. The second-order valence-corrected chi connectivity index (χ2v) is 12.4. The minimum atomic E-state index is -0.668. The summed E-state index contributed by atoms with van der Waals surface area (Å²) in [5, 5.41) is 23.4. The van der Waals surface area contributed by atoms with Gasteiger partial charge in [0.2, 0.25) is 0 Å². The van der Waals surface area contributed by atoms with Gasteiger partial charge in [0.05, 0.1) is 16.9 Å². The summed E-state index contributed by atoms with van der Waals surface area (Å²) in [6, 6.07) is 43.3. The Labute approximate surface area is 242 Å². The van der Waals surface area contributed by atoms with Gasteiger partial charge < -0.3 is 10.2 Å². The van der Waals surface area contributed by atoms with Crippen LogP contribution < -0.4 is 0 Å². The molecule has 41 heavy (non-hydrogen) atoms. The van der Waals surface area contributed by atoms with E-state index in [1.807, 2.05) is 0 Å². The molecule has 4 aromatic rings. The Bertz CT molecular complexity index is 1520. The third-order valence-electron chi connectivity index (χ3n) is 10.9. The molecule has 4 unspecified atom stereocenters. The molecule has 2 N–H and O–H groups in total. The quantitative estimate of drug-likeness (QED) is 0.258. The Balaban J connectivity index is 1.52. The summed E-state index contributed by atoms with van der Waals surface area (Å²) in [4.78, 5) is 0. The van der Waals surface area contributed by atoms with Gasteiger partial charge in [0.15, 0.2) is 0 Å². The van der Waals surface area contributed by atoms with E-state index in [4.69, 9.17) is 0 Å². The van der Waals surface area contributed by atoms with Gasteiger partial charge in [0.1, 0.15) is 0 Å². The van der Waals surface area contributed by atoms with Crippen LogP contribution in [0.15, 0.2) is 132 Å². The van der Waals surface area contributed by atoms with Crippen molar-refractivity contribution >= 4 is 11.1 Å². The van der Waals surface area contributed by atoms with Gasteiger partial charge in [-0.05, 0) is 76.8 Å². The van der Waals surface area contributed by atoms with Crippen molar-refractivity contribution in [2.45, 2.75) is 42.6 Å². The largest absolute Gasteiger partial charge is 0.396 e. The number of hydrogen-bond acceptors (Lipinski definition) is 2. The lowest BCUT2D eigenvalue weighted by molar-refractivity contribution is 0.109. The Kier molecular flexibility index (Phi) is 5.74. The summed E-state index contributed by atoms with van der Waals surface area (Å²) in [7, 11) is 0. The maximum absolute atomic E-state index is 13.3. The first-order valence-electron chi connectivity index (χ1n) is 15.2. The number of fused-ring (bicyclic) bond motifs is 5. The number of aliphatic hydroxyl groups is 2. The average Bonchev–Trinajstić information content (AvgIpc) is 3.58. The van der Waals surface area contributed by atoms with E-state index in [-0.39, 0.29) is 0 Å². The lowest BCUT2D eigenvalue weighted by atomic mass is 9.63. The number of rotatable bonds is 5. The highest BCUT2D eigenvalue weighted by Gasteiger charge is 2.71. The van der Waals surface area contributed by atoms with Crippen LogP contribution in [-0.2, 0) is 10.8 Å². The molecule has 0 radical (unpaired) electrons. The zero-order chi connectivity index (χ0) is 27.6. The molecule has 0 heterocycles. The minimum absolute atomic E-state index is 0.291. The molecule has 0 saturated heterocycles. The second-order valence-electron chi connectivity index (χ2n) is 12.4. The van der Waals surface area contributed by atoms with Gasteiger partial charge in [-0.25, -0.2) is 0 Å². The molecule has 8 rings (SSSR count). The van der Waals surface area contributed by atoms with Gasteiger partial charge >= 0.3 is 0 Å². The van der Waals surface area contributed by atoms with Crippen molar-refractivity contribution in [3.63, 3.8) is 0 Å².